The second-order valence-corrected chi connectivity index (χ2v) is 4.75. The van der Waals surface area contributed by atoms with Crippen molar-refractivity contribution in [3.05, 3.63) is 0 Å². The van der Waals surface area contributed by atoms with Gasteiger partial charge in [-0.05, 0) is 17.8 Å². The summed E-state index contributed by atoms with van der Waals surface area (Å²) in [6.45, 7) is 6.27. The number of Topliss-reactive ketones (excluding diaryl/α,β-unsaturated/α-hetero) is 1. The van der Waals surface area contributed by atoms with Crippen molar-refractivity contribution >= 4 is 12.1 Å². The number of hydrogen-bond acceptors (Lipinski definition) is 2. The third-order valence-corrected chi connectivity index (χ3v) is 3.48. The zero-order valence-electron chi connectivity index (χ0n) is 8.67. The van der Waals surface area contributed by atoms with Crippen LogP contribution in [0.5, 0.6) is 0 Å². The quantitative estimate of drug-likeness (QED) is 0.614. The van der Waals surface area contributed by atoms with Crippen LogP contribution in [-0.2, 0) is 9.59 Å². The van der Waals surface area contributed by atoms with Crippen molar-refractivity contribution in [3.63, 3.8) is 0 Å². The highest BCUT2D eigenvalue weighted by molar-refractivity contribution is 5.82. The van der Waals surface area contributed by atoms with Gasteiger partial charge in [0, 0.05) is 18.8 Å². The molecule has 0 radical (unpaired) electrons. The molecule has 2 nitrogen and oxygen atoms in total. The average molecular weight is 182 g/mol. The Morgan fingerprint density at radius 1 is 1.54 bits per heavy atom. The highest BCUT2D eigenvalue weighted by Crippen LogP contribution is 2.43. The van der Waals surface area contributed by atoms with E-state index in [1.54, 1.807) is 0 Å². The van der Waals surface area contributed by atoms with E-state index >= 15 is 0 Å². The van der Waals surface area contributed by atoms with Gasteiger partial charge in [0.2, 0.25) is 0 Å². The van der Waals surface area contributed by atoms with Crippen LogP contribution in [0.15, 0.2) is 0 Å². The summed E-state index contributed by atoms with van der Waals surface area (Å²) in [6.07, 6.45) is 3.08. The van der Waals surface area contributed by atoms with Crippen LogP contribution in [-0.4, -0.2) is 12.1 Å². The summed E-state index contributed by atoms with van der Waals surface area (Å²) >= 11 is 0. The number of carbonyl (C=O) groups is 2. The summed E-state index contributed by atoms with van der Waals surface area (Å²) in [4.78, 5) is 22.0. The molecule has 0 amide bonds. The van der Waals surface area contributed by atoms with Crippen molar-refractivity contribution in [1.29, 1.82) is 0 Å². The van der Waals surface area contributed by atoms with E-state index in [0.29, 0.717) is 18.6 Å². The molecule has 0 heterocycles. The fourth-order valence-electron chi connectivity index (χ4n) is 2.39. The molecule has 0 unspecified atom stereocenters. The molecule has 1 aliphatic carbocycles. The Morgan fingerprint density at radius 2 is 2.15 bits per heavy atom. The molecule has 0 bridgehead atoms. The van der Waals surface area contributed by atoms with Gasteiger partial charge in [0.15, 0.2) is 0 Å². The van der Waals surface area contributed by atoms with Crippen LogP contribution in [0.1, 0.15) is 40.0 Å². The highest BCUT2D eigenvalue weighted by Gasteiger charge is 2.40. The summed E-state index contributed by atoms with van der Waals surface area (Å²) in [6, 6.07) is 0. The topological polar surface area (TPSA) is 34.1 Å². The molecule has 1 saturated carbocycles. The molecule has 74 valence electrons. The number of hydrogen-bond donors (Lipinski definition) is 0. The summed E-state index contributed by atoms with van der Waals surface area (Å²) < 4.78 is 0. The van der Waals surface area contributed by atoms with E-state index in [9.17, 15) is 9.59 Å². The largest absolute Gasteiger partial charge is 0.303 e. The van der Waals surface area contributed by atoms with Gasteiger partial charge in [0.05, 0.1) is 0 Å². The second-order valence-electron chi connectivity index (χ2n) is 4.75. The first kappa shape index (κ1) is 10.4. The maximum absolute atomic E-state index is 11.5. The van der Waals surface area contributed by atoms with E-state index in [4.69, 9.17) is 0 Å². The molecule has 13 heavy (non-hydrogen) atoms. The first-order valence-corrected chi connectivity index (χ1v) is 4.95. The van der Waals surface area contributed by atoms with E-state index in [1.807, 2.05) is 6.92 Å². The van der Waals surface area contributed by atoms with Gasteiger partial charge >= 0.3 is 0 Å². The van der Waals surface area contributed by atoms with Crippen molar-refractivity contribution in [2.24, 2.45) is 17.3 Å². The third kappa shape index (κ3) is 1.98. The van der Waals surface area contributed by atoms with Crippen LogP contribution in [0.2, 0.25) is 0 Å². The van der Waals surface area contributed by atoms with Crippen LogP contribution in [0.25, 0.3) is 0 Å². The van der Waals surface area contributed by atoms with E-state index < -0.39 is 0 Å². The molecule has 0 aliphatic heterocycles. The van der Waals surface area contributed by atoms with Crippen LogP contribution >= 0.6 is 0 Å². The fourth-order valence-corrected chi connectivity index (χ4v) is 2.39. The van der Waals surface area contributed by atoms with E-state index in [0.717, 1.165) is 12.7 Å². The Balaban J connectivity index is 2.81. The minimum Gasteiger partial charge on any atom is -0.303 e. The Hall–Kier alpha value is -0.660. The van der Waals surface area contributed by atoms with E-state index in [-0.39, 0.29) is 17.3 Å². The van der Waals surface area contributed by atoms with Gasteiger partial charge in [0.1, 0.15) is 12.1 Å². The standard InChI is InChI=1S/C11H18O2/c1-8-9(5-7-12)11(2,3)6-4-10(8)13/h7-9H,4-6H2,1-3H3/t8-,9-/m0/s1. The molecule has 0 aromatic carbocycles. The smallest absolute Gasteiger partial charge is 0.136 e. The molecular formula is C11H18O2. The Morgan fingerprint density at radius 3 is 2.69 bits per heavy atom. The lowest BCUT2D eigenvalue weighted by Crippen LogP contribution is -2.39. The Labute approximate surface area is 79.7 Å². The summed E-state index contributed by atoms with van der Waals surface area (Å²) in [7, 11) is 0. The fraction of sp³-hybridized carbons (Fsp3) is 0.818. The van der Waals surface area contributed by atoms with Crippen molar-refractivity contribution in [2.75, 3.05) is 0 Å². The summed E-state index contributed by atoms with van der Waals surface area (Å²) in [5.74, 6) is 0.631. The lowest BCUT2D eigenvalue weighted by molar-refractivity contribution is -0.131. The van der Waals surface area contributed by atoms with Crippen molar-refractivity contribution in [1.82, 2.24) is 0 Å². The maximum Gasteiger partial charge on any atom is 0.136 e. The predicted octanol–water partition coefficient (Wildman–Crippen LogP) is 2.22. The normalized spacial score (nSPS) is 33.0. The SMILES string of the molecule is C[C@@H]1C(=O)CCC(C)(C)[C@H]1CC=O. The zero-order chi connectivity index (χ0) is 10.1. The van der Waals surface area contributed by atoms with Gasteiger partial charge in [-0.25, -0.2) is 0 Å². The molecule has 0 N–H and O–H groups in total. The van der Waals surface area contributed by atoms with Gasteiger partial charge in [-0.1, -0.05) is 20.8 Å². The first-order chi connectivity index (χ1) is 5.99. The van der Waals surface area contributed by atoms with Gasteiger partial charge in [0.25, 0.3) is 0 Å². The third-order valence-electron chi connectivity index (χ3n) is 3.48. The van der Waals surface area contributed by atoms with Gasteiger partial charge in [-0.15, -0.1) is 0 Å². The predicted molar refractivity (Wildman–Crippen MR) is 51.4 cm³/mol. The molecule has 1 fully saturated rings. The van der Waals surface area contributed by atoms with Crippen LogP contribution in [0.4, 0.5) is 0 Å². The number of rotatable bonds is 2. The van der Waals surface area contributed by atoms with Crippen molar-refractivity contribution in [2.45, 2.75) is 40.0 Å². The number of aldehydes is 1. The molecule has 0 spiro atoms. The Bertz CT molecular complexity index is 218. The summed E-state index contributed by atoms with van der Waals surface area (Å²) in [5, 5.41) is 0. The van der Waals surface area contributed by atoms with Crippen LogP contribution in [0.3, 0.4) is 0 Å². The molecule has 2 heteroatoms. The van der Waals surface area contributed by atoms with Gasteiger partial charge in [-0.3, -0.25) is 4.79 Å². The molecule has 1 rings (SSSR count). The first-order valence-electron chi connectivity index (χ1n) is 4.95. The number of carbonyl (C=O) groups excluding carboxylic acids is 2. The minimum absolute atomic E-state index is 0.0638. The number of ketones is 1. The lowest BCUT2D eigenvalue weighted by Gasteiger charge is -2.41. The van der Waals surface area contributed by atoms with Crippen molar-refractivity contribution in [3.8, 4) is 0 Å². The average Bonchev–Trinajstić information content (AvgIpc) is 2.07. The molecule has 0 aromatic heterocycles. The molecule has 2 atom stereocenters. The van der Waals surface area contributed by atoms with Gasteiger partial charge in [-0.2, -0.15) is 0 Å². The van der Waals surface area contributed by atoms with Crippen molar-refractivity contribution < 1.29 is 9.59 Å². The molecule has 1 aliphatic rings. The zero-order valence-corrected chi connectivity index (χ0v) is 8.67. The van der Waals surface area contributed by atoms with Crippen LogP contribution < -0.4 is 0 Å². The minimum atomic E-state index is 0.0638. The second kappa shape index (κ2) is 3.60. The van der Waals surface area contributed by atoms with Gasteiger partial charge < -0.3 is 4.79 Å². The summed E-state index contributed by atoms with van der Waals surface area (Å²) in [5.41, 5.74) is 0.147. The lowest BCUT2D eigenvalue weighted by atomic mass is 9.63. The monoisotopic (exact) mass is 182 g/mol. The van der Waals surface area contributed by atoms with E-state index in [1.165, 1.54) is 0 Å². The van der Waals surface area contributed by atoms with E-state index in [2.05, 4.69) is 13.8 Å². The molecule has 0 aromatic rings. The Kier molecular flexibility index (Phi) is 2.89. The molecular weight excluding hydrogens is 164 g/mol. The maximum atomic E-state index is 11.5. The molecule has 0 saturated heterocycles. The highest BCUT2D eigenvalue weighted by atomic mass is 16.1. The van der Waals surface area contributed by atoms with Crippen LogP contribution in [0, 0.1) is 17.3 Å².